The van der Waals surface area contributed by atoms with E-state index >= 15 is 0 Å². The lowest BCUT2D eigenvalue weighted by atomic mass is 10.1. The molecular weight excluding hydrogens is 420 g/mol. The smallest absolute Gasteiger partial charge is 0.243 e. The van der Waals surface area contributed by atoms with Crippen LogP contribution < -0.4 is 5.73 Å². The molecule has 0 saturated carbocycles. The number of aliphatic imine (C=N–C) groups is 2. The molecule has 33 heavy (non-hydrogen) atoms. The molecule has 9 heteroatoms. The number of rotatable bonds is 7. The number of aliphatic hydroxyl groups excluding tert-OH is 1. The Labute approximate surface area is 192 Å². The van der Waals surface area contributed by atoms with Crippen LogP contribution in [0.4, 0.5) is 0 Å². The van der Waals surface area contributed by atoms with Crippen molar-refractivity contribution in [2.24, 2.45) is 15.7 Å². The highest BCUT2D eigenvalue weighted by Gasteiger charge is 2.21. The predicted octanol–water partition coefficient (Wildman–Crippen LogP) is 2.43. The van der Waals surface area contributed by atoms with Gasteiger partial charge in [0.2, 0.25) is 11.8 Å². The molecule has 1 saturated heterocycles. The van der Waals surface area contributed by atoms with Crippen molar-refractivity contribution in [3.05, 3.63) is 77.9 Å². The summed E-state index contributed by atoms with van der Waals surface area (Å²) in [7, 11) is 1.48. The molecule has 1 unspecified atom stereocenters. The zero-order valence-corrected chi connectivity index (χ0v) is 18.5. The number of nitrogens with zero attached hydrogens (tertiary/aromatic N) is 3. The zero-order chi connectivity index (χ0) is 23.8. The fraction of sp³-hybridized carbons (Fsp3) is 0.250. The molecule has 0 bridgehead atoms. The van der Waals surface area contributed by atoms with Crippen molar-refractivity contribution in [1.82, 2.24) is 4.90 Å². The van der Waals surface area contributed by atoms with E-state index in [4.69, 9.17) is 26.0 Å². The second kappa shape index (κ2) is 11.3. The Morgan fingerprint density at radius 3 is 2.33 bits per heavy atom. The van der Waals surface area contributed by atoms with Gasteiger partial charge in [-0.05, 0) is 23.3 Å². The van der Waals surface area contributed by atoms with Crippen LogP contribution >= 0.6 is 0 Å². The summed E-state index contributed by atoms with van der Waals surface area (Å²) in [4.78, 5) is 10.2. The molecule has 2 aromatic rings. The number of nitrogens with one attached hydrogen (secondary N) is 2. The third-order valence-electron chi connectivity index (χ3n) is 5.12. The third kappa shape index (κ3) is 6.19. The maximum absolute atomic E-state index is 10.6. The van der Waals surface area contributed by atoms with Gasteiger partial charge in [-0.3, -0.25) is 20.7 Å². The van der Waals surface area contributed by atoms with Crippen molar-refractivity contribution in [2.75, 3.05) is 33.4 Å². The van der Waals surface area contributed by atoms with Crippen LogP contribution in [0.3, 0.4) is 0 Å². The van der Waals surface area contributed by atoms with E-state index in [0.29, 0.717) is 43.1 Å². The highest BCUT2D eigenvalue weighted by molar-refractivity contribution is 6.66. The van der Waals surface area contributed by atoms with Crippen LogP contribution in [0.15, 0.2) is 71.2 Å². The highest BCUT2D eigenvalue weighted by atomic mass is 16.5. The predicted molar refractivity (Wildman–Crippen MR) is 130 cm³/mol. The number of benzene rings is 2. The lowest BCUT2D eigenvalue weighted by Crippen LogP contribution is -2.39. The number of amidine groups is 1. The van der Waals surface area contributed by atoms with Crippen LogP contribution in [0, 0.1) is 10.8 Å². The number of morpholine rings is 1. The van der Waals surface area contributed by atoms with Crippen LogP contribution in [0.5, 0.6) is 0 Å². The molecule has 2 aromatic carbocycles. The Morgan fingerprint density at radius 2 is 1.73 bits per heavy atom. The minimum absolute atomic E-state index is 0.0126. The topological polar surface area (TPSA) is 140 Å². The Kier molecular flexibility index (Phi) is 8.20. The Morgan fingerprint density at radius 1 is 1.09 bits per heavy atom. The van der Waals surface area contributed by atoms with Crippen molar-refractivity contribution in [3.8, 4) is 0 Å². The van der Waals surface area contributed by atoms with Gasteiger partial charge in [-0.25, -0.2) is 4.99 Å². The highest BCUT2D eigenvalue weighted by Crippen LogP contribution is 2.22. The molecule has 5 N–H and O–H groups in total. The second-order valence-electron chi connectivity index (χ2n) is 7.29. The first-order valence-corrected chi connectivity index (χ1v) is 10.4. The van der Waals surface area contributed by atoms with Gasteiger partial charge in [0.05, 0.1) is 18.9 Å². The first-order valence-electron chi connectivity index (χ1n) is 10.4. The Balaban J connectivity index is 1.75. The first-order chi connectivity index (χ1) is 15.9. The quantitative estimate of drug-likeness (QED) is 0.380. The summed E-state index contributed by atoms with van der Waals surface area (Å²) in [6.45, 7) is 6.50. The summed E-state index contributed by atoms with van der Waals surface area (Å²) < 4.78 is 10.7. The van der Waals surface area contributed by atoms with Crippen molar-refractivity contribution in [1.29, 1.82) is 10.8 Å². The maximum atomic E-state index is 10.6. The van der Waals surface area contributed by atoms with Crippen LogP contribution in [-0.2, 0) is 9.47 Å². The molecule has 3 rings (SSSR count). The molecule has 172 valence electrons. The molecule has 1 fully saturated rings. The molecular formula is C24H28N6O3. The fourth-order valence-corrected chi connectivity index (χ4v) is 3.21. The van der Waals surface area contributed by atoms with Gasteiger partial charge in [0, 0.05) is 25.7 Å². The number of ether oxygens (including phenoxy) is 2. The molecule has 0 aromatic heterocycles. The molecule has 0 amide bonds. The molecule has 1 aliphatic heterocycles. The van der Waals surface area contributed by atoms with Gasteiger partial charge in [-0.1, -0.05) is 49.0 Å². The average molecular weight is 449 g/mol. The minimum atomic E-state index is -0.719. The maximum Gasteiger partial charge on any atom is 0.243 e. The number of hydrogen-bond acceptors (Lipinski definition) is 8. The average Bonchev–Trinajstić information content (AvgIpc) is 2.87. The monoisotopic (exact) mass is 448 g/mol. The van der Waals surface area contributed by atoms with Crippen LogP contribution in [0.1, 0.15) is 22.9 Å². The molecule has 0 aliphatic carbocycles. The van der Waals surface area contributed by atoms with E-state index in [2.05, 4.69) is 16.6 Å². The number of nitrogens with two attached hydrogens (primary N) is 1. The van der Waals surface area contributed by atoms with Gasteiger partial charge in [0.25, 0.3) is 0 Å². The zero-order valence-electron chi connectivity index (χ0n) is 18.5. The molecule has 0 spiro atoms. The largest absolute Gasteiger partial charge is 0.419 e. The van der Waals surface area contributed by atoms with Crippen LogP contribution in [0.25, 0.3) is 5.70 Å². The minimum Gasteiger partial charge on any atom is -0.419 e. The lowest BCUT2D eigenvalue weighted by molar-refractivity contribution is -0.0603. The van der Waals surface area contributed by atoms with Gasteiger partial charge >= 0.3 is 0 Å². The van der Waals surface area contributed by atoms with Crippen LogP contribution in [-0.4, -0.2) is 66.7 Å². The van der Waals surface area contributed by atoms with E-state index in [-0.39, 0.29) is 17.4 Å². The van der Waals surface area contributed by atoms with Crippen molar-refractivity contribution in [3.63, 3.8) is 0 Å². The van der Waals surface area contributed by atoms with E-state index in [1.165, 1.54) is 7.05 Å². The fourth-order valence-electron chi connectivity index (χ4n) is 3.21. The molecule has 1 heterocycles. The molecule has 0 radical (unpaired) electrons. The van der Waals surface area contributed by atoms with E-state index in [1.807, 2.05) is 11.0 Å². The molecule has 9 nitrogen and oxygen atoms in total. The SMILES string of the molecule is C=C(N=C(C(=N)OC(=N)c1ccccc1)C(N)=NC)c1ccc(C(O)N2CCOCC2)cc1. The van der Waals surface area contributed by atoms with Gasteiger partial charge in [0.1, 0.15) is 12.1 Å². The first kappa shape index (κ1) is 24.0. The number of hydrogen-bond donors (Lipinski definition) is 4. The third-order valence-corrected chi connectivity index (χ3v) is 5.12. The standard InChI is InChI=1S/C24H28N6O3/c1-16(17-8-10-19(11-9-17)24(31)30-12-14-32-15-13-30)29-20(21(25)28-2)23(27)33-22(26)18-6-4-3-5-7-18/h3-11,24,26-27,31H,1,12-15H2,2H3,(H2,25,28). The summed E-state index contributed by atoms with van der Waals surface area (Å²) >= 11 is 0. The normalized spacial score (nSPS) is 16.2. The Bertz CT molecular complexity index is 1060. The van der Waals surface area contributed by atoms with E-state index in [1.54, 1.807) is 48.5 Å². The van der Waals surface area contributed by atoms with Gasteiger partial charge in [-0.15, -0.1) is 0 Å². The molecule has 1 atom stereocenters. The summed E-state index contributed by atoms with van der Waals surface area (Å²) in [6, 6.07) is 16.0. The van der Waals surface area contributed by atoms with Crippen LogP contribution in [0.2, 0.25) is 0 Å². The second-order valence-corrected chi connectivity index (χ2v) is 7.29. The summed E-state index contributed by atoms with van der Waals surface area (Å²) in [6.07, 6.45) is -0.719. The van der Waals surface area contributed by atoms with E-state index in [0.717, 1.165) is 5.56 Å². The van der Waals surface area contributed by atoms with Crippen molar-refractivity contribution < 1.29 is 14.6 Å². The Hall–Kier alpha value is -3.66. The van der Waals surface area contributed by atoms with Crippen molar-refractivity contribution >= 4 is 29.0 Å². The van der Waals surface area contributed by atoms with Gasteiger partial charge in [0.15, 0.2) is 5.71 Å². The summed E-state index contributed by atoms with van der Waals surface area (Å²) in [5, 5.41) is 27.0. The van der Waals surface area contributed by atoms with Gasteiger partial charge < -0.3 is 20.3 Å². The van der Waals surface area contributed by atoms with E-state index in [9.17, 15) is 5.11 Å². The van der Waals surface area contributed by atoms with Crippen molar-refractivity contribution in [2.45, 2.75) is 6.23 Å². The number of aliphatic hydroxyl groups is 1. The van der Waals surface area contributed by atoms with E-state index < -0.39 is 12.1 Å². The molecule has 1 aliphatic rings. The summed E-state index contributed by atoms with van der Waals surface area (Å²) in [5.41, 5.74) is 8.20. The lowest BCUT2D eigenvalue weighted by Gasteiger charge is -2.31. The summed E-state index contributed by atoms with van der Waals surface area (Å²) in [5.74, 6) is -0.627. The van der Waals surface area contributed by atoms with Gasteiger partial charge in [-0.2, -0.15) is 0 Å².